The fourth-order valence-electron chi connectivity index (χ4n) is 2.06. The number of methoxy groups -OCH3 is 1. The van der Waals surface area contributed by atoms with Crippen molar-refractivity contribution in [1.29, 1.82) is 0 Å². The lowest BCUT2D eigenvalue weighted by Gasteiger charge is -2.12. The molecule has 0 heterocycles. The van der Waals surface area contributed by atoms with Gasteiger partial charge in [0.2, 0.25) is 0 Å². The topological polar surface area (TPSA) is 21.3 Å². The molecule has 0 amide bonds. The minimum Gasteiger partial charge on any atom is -0.496 e. The van der Waals surface area contributed by atoms with Crippen LogP contribution < -0.4 is 10.1 Å². The second-order valence-electron chi connectivity index (χ2n) is 4.43. The minimum absolute atomic E-state index is 0.674. The van der Waals surface area contributed by atoms with Gasteiger partial charge in [-0.15, -0.1) is 0 Å². The van der Waals surface area contributed by atoms with E-state index < -0.39 is 0 Å². The van der Waals surface area contributed by atoms with Crippen molar-refractivity contribution in [1.82, 2.24) is 5.32 Å². The average molecular weight is 310 g/mol. The molecule has 20 heavy (non-hydrogen) atoms. The molecule has 0 radical (unpaired) electrons. The quantitative estimate of drug-likeness (QED) is 0.858. The third-order valence-electron chi connectivity index (χ3n) is 3.09. The summed E-state index contributed by atoms with van der Waals surface area (Å²) in [5, 5.41) is 4.67. The molecule has 0 spiro atoms. The molecule has 2 rings (SSSR count). The summed E-state index contributed by atoms with van der Waals surface area (Å²) in [5.41, 5.74) is 3.06. The maximum atomic E-state index is 6.26. The molecule has 0 aliphatic rings. The molecule has 2 aromatic carbocycles. The van der Waals surface area contributed by atoms with E-state index in [9.17, 15) is 0 Å². The fourth-order valence-corrected chi connectivity index (χ4v) is 2.46. The Labute approximate surface area is 129 Å². The van der Waals surface area contributed by atoms with Gasteiger partial charge in [0.05, 0.1) is 7.11 Å². The Morgan fingerprint density at radius 2 is 1.90 bits per heavy atom. The lowest BCUT2D eigenvalue weighted by molar-refractivity contribution is 0.408. The van der Waals surface area contributed by atoms with E-state index >= 15 is 0 Å². The Kier molecular flexibility index (Phi) is 5.30. The van der Waals surface area contributed by atoms with E-state index in [-0.39, 0.29) is 0 Å². The third kappa shape index (κ3) is 3.45. The van der Waals surface area contributed by atoms with Gasteiger partial charge in [-0.3, -0.25) is 0 Å². The van der Waals surface area contributed by atoms with Gasteiger partial charge >= 0.3 is 0 Å². The van der Waals surface area contributed by atoms with Gasteiger partial charge in [-0.05, 0) is 42.4 Å². The van der Waals surface area contributed by atoms with Gasteiger partial charge in [0, 0.05) is 27.7 Å². The van der Waals surface area contributed by atoms with Crippen molar-refractivity contribution in [2.45, 2.75) is 13.5 Å². The summed E-state index contributed by atoms with van der Waals surface area (Å²) in [6.07, 6.45) is 0. The van der Waals surface area contributed by atoms with E-state index in [2.05, 4.69) is 18.3 Å². The summed E-state index contributed by atoms with van der Waals surface area (Å²) in [4.78, 5) is 0. The molecular formula is C16H17Cl2NO. The van der Waals surface area contributed by atoms with E-state index in [0.29, 0.717) is 10.0 Å². The Morgan fingerprint density at radius 3 is 2.60 bits per heavy atom. The zero-order valence-corrected chi connectivity index (χ0v) is 13.1. The molecule has 0 aliphatic carbocycles. The van der Waals surface area contributed by atoms with Crippen LogP contribution in [-0.2, 0) is 6.54 Å². The molecule has 0 aliphatic heterocycles. The molecule has 0 atom stereocenters. The smallest absolute Gasteiger partial charge is 0.123 e. The molecule has 4 heteroatoms. The Balaban J connectivity index is 2.44. The summed E-state index contributed by atoms with van der Waals surface area (Å²) in [6, 6.07) is 11.5. The van der Waals surface area contributed by atoms with Gasteiger partial charge in [-0.2, -0.15) is 0 Å². The van der Waals surface area contributed by atoms with Gasteiger partial charge in [0.15, 0.2) is 0 Å². The molecule has 0 bridgehead atoms. The van der Waals surface area contributed by atoms with Crippen LogP contribution in [0.4, 0.5) is 0 Å². The summed E-state index contributed by atoms with van der Waals surface area (Å²) in [7, 11) is 1.68. The first kappa shape index (κ1) is 15.2. The normalized spacial score (nSPS) is 10.6. The summed E-state index contributed by atoms with van der Waals surface area (Å²) < 4.78 is 5.39. The van der Waals surface area contributed by atoms with Crippen LogP contribution in [0.5, 0.6) is 5.75 Å². The predicted octanol–water partition coefficient (Wildman–Crippen LogP) is 4.78. The first-order chi connectivity index (χ1) is 9.65. The van der Waals surface area contributed by atoms with Gasteiger partial charge in [0.25, 0.3) is 0 Å². The molecule has 1 N–H and O–H groups in total. The number of benzene rings is 2. The molecule has 2 nitrogen and oxygen atoms in total. The molecule has 0 fully saturated rings. The van der Waals surface area contributed by atoms with Crippen LogP contribution in [0, 0.1) is 0 Å². The van der Waals surface area contributed by atoms with Crippen LogP contribution in [0.2, 0.25) is 10.0 Å². The molecule has 2 aromatic rings. The average Bonchev–Trinajstić information content (AvgIpc) is 2.47. The van der Waals surface area contributed by atoms with E-state index in [4.69, 9.17) is 27.9 Å². The number of hydrogen-bond acceptors (Lipinski definition) is 2. The van der Waals surface area contributed by atoms with Crippen LogP contribution in [-0.4, -0.2) is 13.7 Å². The third-order valence-corrected chi connectivity index (χ3v) is 3.65. The van der Waals surface area contributed by atoms with Gasteiger partial charge in [-0.1, -0.05) is 36.2 Å². The van der Waals surface area contributed by atoms with E-state index in [0.717, 1.165) is 35.5 Å². The molecule has 0 aromatic heterocycles. The van der Waals surface area contributed by atoms with Crippen LogP contribution in [0.15, 0.2) is 36.4 Å². The van der Waals surface area contributed by atoms with E-state index in [1.165, 1.54) is 0 Å². The Morgan fingerprint density at radius 1 is 1.10 bits per heavy atom. The standard InChI is InChI=1S/C16H17Cl2NO/c1-3-19-10-12-8-11(4-7-16(12)20-2)14-9-13(17)5-6-15(14)18/h4-9,19H,3,10H2,1-2H3. The SMILES string of the molecule is CCNCc1cc(-c2cc(Cl)ccc2Cl)ccc1OC. The monoisotopic (exact) mass is 309 g/mol. The highest BCUT2D eigenvalue weighted by molar-refractivity contribution is 6.35. The number of nitrogens with one attached hydrogen (secondary N) is 1. The van der Waals surface area contributed by atoms with Crippen LogP contribution in [0.3, 0.4) is 0 Å². The summed E-state index contributed by atoms with van der Waals surface area (Å²) >= 11 is 12.3. The maximum absolute atomic E-state index is 6.26. The number of ether oxygens (including phenoxy) is 1. The molecule has 0 saturated carbocycles. The molecule has 106 valence electrons. The van der Waals surface area contributed by atoms with Gasteiger partial charge in [-0.25, -0.2) is 0 Å². The highest BCUT2D eigenvalue weighted by Crippen LogP contribution is 2.33. The minimum atomic E-state index is 0.674. The summed E-state index contributed by atoms with van der Waals surface area (Å²) in [6.45, 7) is 3.74. The first-order valence-corrected chi connectivity index (χ1v) is 7.24. The Bertz CT molecular complexity index is 599. The second-order valence-corrected chi connectivity index (χ2v) is 5.27. The zero-order chi connectivity index (χ0) is 14.5. The van der Waals surface area contributed by atoms with Crippen molar-refractivity contribution in [2.75, 3.05) is 13.7 Å². The summed E-state index contributed by atoms with van der Waals surface area (Å²) in [5.74, 6) is 0.868. The maximum Gasteiger partial charge on any atom is 0.123 e. The zero-order valence-electron chi connectivity index (χ0n) is 11.5. The second kappa shape index (κ2) is 6.98. The lowest BCUT2D eigenvalue weighted by atomic mass is 10.0. The largest absolute Gasteiger partial charge is 0.496 e. The van der Waals surface area contributed by atoms with Crippen molar-refractivity contribution in [3.8, 4) is 16.9 Å². The van der Waals surface area contributed by atoms with Crippen LogP contribution >= 0.6 is 23.2 Å². The van der Waals surface area contributed by atoms with Crippen molar-refractivity contribution in [3.05, 3.63) is 52.0 Å². The molecular weight excluding hydrogens is 293 g/mol. The van der Waals surface area contributed by atoms with Crippen molar-refractivity contribution in [2.24, 2.45) is 0 Å². The van der Waals surface area contributed by atoms with Gasteiger partial charge < -0.3 is 10.1 Å². The fraction of sp³-hybridized carbons (Fsp3) is 0.250. The van der Waals surface area contributed by atoms with E-state index in [1.807, 2.05) is 24.3 Å². The number of rotatable bonds is 5. The number of halogens is 2. The Hall–Kier alpha value is -1.22. The van der Waals surface area contributed by atoms with Crippen molar-refractivity contribution < 1.29 is 4.74 Å². The van der Waals surface area contributed by atoms with Crippen LogP contribution in [0.1, 0.15) is 12.5 Å². The highest BCUT2D eigenvalue weighted by atomic mass is 35.5. The van der Waals surface area contributed by atoms with Crippen LogP contribution in [0.25, 0.3) is 11.1 Å². The first-order valence-electron chi connectivity index (χ1n) is 6.48. The predicted molar refractivity (Wildman–Crippen MR) is 85.8 cm³/mol. The van der Waals surface area contributed by atoms with Crippen molar-refractivity contribution >= 4 is 23.2 Å². The molecule has 0 saturated heterocycles. The number of hydrogen-bond donors (Lipinski definition) is 1. The highest BCUT2D eigenvalue weighted by Gasteiger charge is 2.09. The van der Waals surface area contributed by atoms with Crippen molar-refractivity contribution in [3.63, 3.8) is 0 Å². The lowest BCUT2D eigenvalue weighted by Crippen LogP contribution is -2.12. The van der Waals surface area contributed by atoms with Gasteiger partial charge in [0.1, 0.15) is 5.75 Å². The van der Waals surface area contributed by atoms with E-state index in [1.54, 1.807) is 13.2 Å². The molecule has 0 unspecified atom stereocenters.